The second kappa shape index (κ2) is 3.98. The third kappa shape index (κ3) is 1.93. The highest BCUT2D eigenvalue weighted by Crippen LogP contribution is 2.33. The van der Waals surface area contributed by atoms with Gasteiger partial charge in [-0.3, -0.25) is 0 Å². The van der Waals surface area contributed by atoms with E-state index in [-0.39, 0.29) is 5.82 Å². The summed E-state index contributed by atoms with van der Waals surface area (Å²) in [5, 5.41) is 0. The van der Waals surface area contributed by atoms with E-state index in [0.29, 0.717) is 17.0 Å². The number of rotatable bonds is 3. The van der Waals surface area contributed by atoms with Crippen molar-refractivity contribution in [2.75, 3.05) is 0 Å². The molecule has 1 aliphatic rings. The number of imidazole rings is 1. The molecule has 2 aromatic rings. The van der Waals surface area contributed by atoms with Gasteiger partial charge < -0.3 is 4.57 Å². The van der Waals surface area contributed by atoms with Gasteiger partial charge in [0.05, 0.1) is 16.9 Å². The molecule has 1 aromatic heterocycles. The van der Waals surface area contributed by atoms with Crippen LogP contribution in [0.2, 0.25) is 0 Å². The molecule has 0 bridgehead atoms. The van der Waals surface area contributed by atoms with E-state index in [0.717, 1.165) is 23.8 Å². The van der Waals surface area contributed by atoms with Crippen molar-refractivity contribution in [1.82, 2.24) is 9.55 Å². The maximum atomic E-state index is 13.5. The Morgan fingerprint density at radius 3 is 2.88 bits per heavy atom. The molecule has 0 amide bonds. The molecule has 3 rings (SSSR count). The van der Waals surface area contributed by atoms with Crippen molar-refractivity contribution in [3.63, 3.8) is 0 Å². The maximum absolute atomic E-state index is 13.5. The third-order valence-corrected chi connectivity index (χ3v) is 3.60. The van der Waals surface area contributed by atoms with Crippen LogP contribution in [0.3, 0.4) is 0 Å². The Morgan fingerprint density at radius 1 is 1.47 bits per heavy atom. The van der Waals surface area contributed by atoms with Gasteiger partial charge in [-0.2, -0.15) is 0 Å². The average Bonchev–Trinajstić information content (AvgIpc) is 3.06. The van der Waals surface area contributed by atoms with Gasteiger partial charge in [-0.05, 0) is 37.3 Å². The van der Waals surface area contributed by atoms with Gasteiger partial charge >= 0.3 is 0 Å². The average molecular weight is 253 g/mol. The van der Waals surface area contributed by atoms with Gasteiger partial charge in [-0.1, -0.05) is 0 Å². The van der Waals surface area contributed by atoms with Crippen LogP contribution in [0.5, 0.6) is 0 Å². The molecule has 1 aromatic carbocycles. The van der Waals surface area contributed by atoms with Crippen LogP contribution in [0.15, 0.2) is 12.1 Å². The summed E-state index contributed by atoms with van der Waals surface area (Å²) in [5.41, 5.74) is 2.38. The molecule has 1 fully saturated rings. The molecule has 0 unspecified atom stereocenters. The van der Waals surface area contributed by atoms with Gasteiger partial charge in [0.2, 0.25) is 0 Å². The van der Waals surface area contributed by atoms with Gasteiger partial charge in [0.25, 0.3) is 0 Å². The highest BCUT2D eigenvalue weighted by atomic mass is 35.5. The van der Waals surface area contributed by atoms with Crippen LogP contribution in [0.4, 0.5) is 4.39 Å². The maximum Gasteiger partial charge on any atom is 0.128 e. The monoisotopic (exact) mass is 252 g/mol. The Balaban J connectivity index is 2.17. The molecular weight excluding hydrogens is 239 g/mol. The van der Waals surface area contributed by atoms with Gasteiger partial charge in [-0.25, -0.2) is 9.37 Å². The summed E-state index contributed by atoms with van der Waals surface area (Å²) < 4.78 is 15.6. The van der Waals surface area contributed by atoms with E-state index in [1.807, 2.05) is 6.07 Å². The number of fused-ring (bicyclic) bond motifs is 1. The Morgan fingerprint density at radius 2 is 2.24 bits per heavy atom. The van der Waals surface area contributed by atoms with Crippen molar-refractivity contribution < 1.29 is 4.39 Å². The topological polar surface area (TPSA) is 17.8 Å². The summed E-state index contributed by atoms with van der Waals surface area (Å²) in [5.74, 6) is 1.77. The molecule has 4 heteroatoms. The molecule has 0 radical (unpaired) electrons. The molecular formula is C13H14ClFN2. The SMILES string of the molecule is Cc1cc2c(cc1F)nc(CCl)n2CC1CC1. The van der Waals surface area contributed by atoms with Crippen molar-refractivity contribution >= 4 is 22.6 Å². The van der Waals surface area contributed by atoms with Gasteiger partial charge in [0.1, 0.15) is 11.6 Å². The number of benzene rings is 1. The molecule has 1 heterocycles. The predicted octanol–water partition coefficient (Wildman–Crippen LogP) is 3.63. The number of aryl methyl sites for hydroxylation is 1. The smallest absolute Gasteiger partial charge is 0.128 e. The van der Waals surface area contributed by atoms with Crippen LogP contribution in [0, 0.1) is 18.7 Å². The lowest BCUT2D eigenvalue weighted by Gasteiger charge is -2.06. The van der Waals surface area contributed by atoms with Crippen LogP contribution in [0.1, 0.15) is 24.2 Å². The number of hydrogen-bond donors (Lipinski definition) is 0. The fourth-order valence-corrected chi connectivity index (χ4v) is 2.37. The first-order valence-corrected chi connectivity index (χ1v) is 6.43. The van der Waals surface area contributed by atoms with Crippen molar-refractivity contribution in [3.8, 4) is 0 Å². The van der Waals surface area contributed by atoms with E-state index in [4.69, 9.17) is 11.6 Å². The van der Waals surface area contributed by atoms with Crippen LogP contribution >= 0.6 is 11.6 Å². The highest BCUT2D eigenvalue weighted by molar-refractivity contribution is 6.16. The number of hydrogen-bond acceptors (Lipinski definition) is 1. The summed E-state index contributed by atoms with van der Waals surface area (Å²) in [7, 11) is 0. The molecule has 0 atom stereocenters. The van der Waals surface area contributed by atoms with Crippen molar-refractivity contribution in [2.24, 2.45) is 5.92 Å². The Labute approximate surface area is 104 Å². The summed E-state index contributed by atoms with van der Waals surface area (Å²) in [4.78, 5) is 4.40. The highest BCUT2D eigenvalue weighted by Gasteiger charge is 2.24. The van der Waals surface area contributed by atoms with E-state index in [1.54, 1.807) is 6.92 Å². The van der Waals surface area contributed by atoms with E-state index in [2.05, 4.69) is 9.55 Å². The zero-order chi connectivity index (χ0) is 12.0. The lowest BCUT2D eigenvalue weighted by molar-refractivity contribution is 0.616. The van der Waals surface area contributed by atoms with Crippen molar-refractivity contribution in [1.29, 1.82) is 0 Å². The van der Waals surface area contributed by atoms with Crippen LogP contribution in [0.25, 0.3) is 11.0 Å². The standard InChI is InChI=1S/C13H14ClFN2/c1-8-4-12-11(5-10(8)15)16-13(6-14)17(12)7-9-2-3-9/h4-5,9H,2-3,6-7H2,1H3. The number of halogens is 2. The zero-order valence-corrected chi connectivity index (χ0v) is 10.5. The predicted molar refractivity (Wildman–Crippen MR) is 66.7 cm³/mol. The summed E-state index contributed by atoms with van der Waals surface area (Å²) in [6.45, 7) is 2.74. The first-order chi connectivity index (χ1) is 8.19. The zero-order valence-electron chi connectivity index (χ0n) is 9.71. The van der Waals surface area contributed by atoms with Crippen LogP contribution in [-0.2, 0) is 12.4 Å². The Bertz CT molecular complexity index is 572. The van der Waals surface area contributed by atoms with Crippen molar-refractivity contribution in [3.05, 3.63) is 29.3 Å². The fourth-order valence-electron chi connectivity index (χ4n) is 2.16. The fraction of sp³-hybridized carbons (Fsp3) is 0.462. The van der Waals surface area contributed by atoms with Gasteiger partial charge in [-0.15, -0.1) is 11.6 Å². The quantitative estimate of drug-likeness (QED) is 0.763. The molecule has 0 spiro atoms. The lowest BCUT2D eigenvalue weighted by atomic mass is 10.2. The minimum atomic E-state index is -0.199. The molecule has 0 saturated heterocycles. The molecule has 0 aliphatic heterocycles. The van der Waals surface area contributed by atoms with E-state index >= 15 is 0 Å². The first kappa shape index (κ1) is 11.0. The largest absolute Gasteiger partial charge is 0.327 e. The molecule has 2 nitrogen and oxygen atoms in total. The Hall–Kier alpha value is -1.09. The van der Waals surface area contributed by atoms with Crippen LogP contribution in [-0.4, -0.2) is 9.55 Å². The second-order valence-corrected chi connectivity index (χ2v) is 5.07. The van der Waals surface area contributed by atoms with Crippen molar-refractivity contribution in [2.45, 2.75) is 32.2 Å². The molecule has 1 aliphatic carbocycles. The van der Waals surface area contributed by atoms with E-state index in [9.17, 15) is 4.39 Å². The lowest BCUT2D eigenvalue weighted by Crippen LogP contribution is -2.04. The van der Waals surface area contributed by atoms with E-state index in [1.165, 1.54) is 18.9 Å². The van der Waals surface area contributed by atoms with Gasteiger partial charge in [0.15, 0.2) is 0 Å². The van der Waals surface area contributed by atoms with Crippen LogP contribution < -0.4 is 0 Å². The summed E-state index contributed by atoms with van der Waals surface area (Å²) in [6, 6.07) is 3.38. The minimum Gasteiger partial charge on any atom is -0.327 e. The minimum absolute atomic E-state index is 0.199. The first-order valence-electron chi connectivity index (χ1n) is 5.90. The molecule has 17 heavy (non-hydrogen) atoms. The number of aromatic nitrogens is 2. The molecule has 90 valence electrons. The third-order valence-electron chi connectivity index (χ3n) is 3.36. The normalized spacial score (nSPS) is 15.7. The molecule has 0 N–H and O–H groups in total. The number of nitrogens with zero attached hydrogens (tertiary/aromatic N) is 2. The summed E-state index contributed by atoms with van der Waals surface area (Å²) >= 11 is 5.91. The number of alkyl halides is 1. The molecule has 1 saturated carbocycles. The summed E-state index contributed by atoms with van der Waals surface area (Å²) in [6.07, 6.45) is 2.56. The Kier molecular flexibility index (Phi) is 2.58. The second-order valence-electron chi connectivity index (χ2n) is 4.81. The van der Waals surface area contributed by atoms with E-state index < -0.39 is 0 Å². The van der Waals surface area contributed by atoms with Gasteiger partial charge in [0, 0.05) is 12.6 Å².